The van der Waals surface area contributed by atoms with Crippen molar-refractivity contribution in [1.82, 2.24) is 9.78 Å². The highest BCUT2D eigenvalue weighted by Gasteiger charge is 2.14. The van der Waals surface area contributed by atoms with Crippen LogP contribution in [0.5, 0.6) is 11.6 Å². The summed E-state index contributed by atoms with van der Waals surface area (Å²) in [4.78, 5) is 0. The number of halogens is 1. The molecule has 0 unspecified atom stereocenters. The number of nitrogens with two attached hydrogens (primary N) is 1. The third kappa shape index (κ3) is 2.29. The fraction of sp³-hybridized carbons (Fsp3) is 0.250. The SMILES string of the molecule is Cc1nn(C)c(Oc2cccc(F)c2)c1CN. The average Bonchev–Trinajstić information content (AvgIpc) is 2.53. The van der Waals surface area contributed by atoms with E-state index in [0.717, 1.165) is 11.3 Å². The normalized spacial score (nSPS) is 10.6. The summed E-state index contributed by atoms with van der Waals surface area (Å²) < 4.78 is 20.2. The molecule has 0 saturated carbocycles. The standard InChI is InChI=1S/C12H14FN3O/c1-8-11(7-14)12(16(2)15-8)17-10-5-3-4-9(13)6-10/h3-6H,7,14H2,1-2H3. The highest BCUT2D eigenvalue weighted by atomic mass is 19.1. The fourth-order valence-electron chi connectivity index (χ4n) is 1.69. The number of hydrogen-bond acceptors (Lipinski definition) is 3. The molecule has 2 aromatic rings. The van der Waals surface area contributed by atoms with Crippen LogP contribution < -0.4 is 10.5 Å². The summed E-state index contributed by atoms with van der Waals surface area (Å²) >= 11 is 0. The van der Waals surface area contributed by atoms with Crippen molar-refractivity contribution in [1.29, 1.82) is 0 Å². The van der Waals surface area contributed by atoms with E-state index in [9.17, 15) is 4.39 Å². The van der Waals surface area contributed by atoms with Crippen LogP contribution in [0.25, 0.3) is 0 Å². The van der Waals surface area contributed by atoms with Crippen LogP contribution in [0.15, 0.2) is 24.3 Å². The molecule has 0 aliphatic carbocycles. The summed E-state index contributed by atoms with van der Waals surface area (Å²) in [5, 5.41) is 4.22. The van der Waals surface area contributed by atoms with Gasteiger partial charge in [0.1, 0.15) is 11.6 Å². The molecular weight excluding hydrogens is 221 g/mol. The van der Waals surface area contributed by atoms with Gasteiger partial charge in [-0.3, -0.25) is 0 Å². The smallest absolute Gasteiger partial charge is 0.222 e. The van der Waals surface area contributed by atoms with Crippen LogP contribution >= 0.6 is 0 Å². The molecule has 90 valence electrons. The molecule has 0 spiro atoms. The molecular formula is C12H14FN3O. The highest BCUT2D eigenvalue weighted by Crippen LogP contribution is 2.26. The Morgan fingerprint density at radius 3 is 2.88 bits per heavy atom. The van der Waals surface area contributed by atoms with Crippen molar-refractivity contribution in [2.75, 3.05) is 0 Å². The second-order valence-corrected chi connectivity index (χ2v) is 3.76. The lowest BCUT2D eigenvalue weighted by atomic mass is 10.2. The zero-order chi connectivity index (χ0) is 12.4. The van der Waals surface area contributed by atoms with Crippen LogP contribution in [0.2, 0.25) is 0 Å². The third-order valence-electron chi connectivity index (χ3n) is 2.50. The van der Waals surface area contributed by atoms with Crippen molar-refractivity contribution in [2.24, 2.45) is 12.8 Å². The molecule has 2 rings (SSSR count). The summed E-state index contributed by atoms with van der Waals surface area (Å²) in [6.07, 6.45) is 0. The molecule has 2 N–H and O–H groups in total. The predicted octanol–water partition coefficient (Wildman–Crippen LogP) is 2.12. The van der Waals surface area contributed by atoms with Crippen LogP contribution in [0.3, 0.4) is 0 Å². The zero-order valence-electron chi connectivity index (χ0n) is 9.77. The van der Waals surface area contributed by atoms with Gasteiger partial charge in [-0.05, 0) is 19.1 Å². The van der Waals surface area contributed by atoms with Gasteiger partial charge in [-0.15, -0.1) is 0 Å². The van der Waals surface area contributed by atoms with Crippen molar-refractivity contribution in [2.45, 2.75) is 13.5 Å². The van der Waals surface area contributed by atoms with Gasteiger partial charge >= 0.3 is 0 Å². The molecule has 0 aliphatic rings. The topological polar surface area (TPSA) is 53.1 Å². The van der Waals surface area contributed by atoms with E-state index in [-0.39, 0.29) is 5.82 Å². The molecule has 17 heavy (non-hydrogen) atoms. The fourth-order valence-corrected chi connectivity index (χ4v) is 1.69. The Morgan fingerprint density at radius 2 is 2.24 bits per heavy atom. The van der Waals surface area contributed by atoms with E-state index in [4.69, 9.17) is 10.5 Å². The molecule has 1 heterocycles. The number of ether oxygens (including phenoxy) is 1. The van der Waals surface area contributed by atoms with Crippen molar-refractivity contribution in [3.05, 3.63) is 41.3 Å². The number of benzene rings is 1. The number of nitrogens with zero attached hydrogens (tertiary/aromatic N) is 2. The van der Waals surface area contributed by atoms with Gasteiger partial charge in [0.2, 0.25) is 5.88 Å². The molecule has 0 fully saturated rings. The predicted molar refractivity (Wildman–Crippen MR) is 62.3 cm³/mol. The van der Waals surface area contributed by atoms with Crippen LogP contribution in [0, 0.1) is 12.7 Å². The van der Waals surface area contributed by atoms with E-state index in [1.165, 1.54) is 12.1 Å². The molecule has 0 radical (unpaired) electrons. The molecule has 1 aromatic heterocycles. The minimum atomic E-state index is -0.337. The number of rotatable bonds is 3. The molecule has 0 atom stereocenters. The maximum Gasteiger partial charge on any atom is 0.222 e. The first-order chi connectivity index (χ1) is 8.11. The minimum absolute atomic E-state index is 0.337. The van der Waals surface area contributed by atoms with Crippen LogP contribution in [0.1, 0.15) is 11.3 Å². The van der Waals surface area contributed by atoms with Gasteiger partial charge in [0.15, 0.2) is 0 Å². The second kappa shape index (κ2) is 4.55. The summed E-state index contributed by atoms with van der Waals surface area (Å²) in [6, 6.07) is 5.97. The monoisotopic (exact) mass is 235 g/mol. The summed E-state index contributed by atoms with van der Waals surface area (Å²) in [6.45, 7) is 2.20. The van der Waals surface area contributed by atoms with E-state index >= 15 is 0 Å². The van der Waals surface area contributed by atoms with Crippen molar-refractivity contribution >= 4 is 0 Å². The summed E-state index contributed by atoms with van der Waals surface area (Å²) in [5.41, 5.74) is 7.29. The number of hydrogen-bond donors (Lipinski definition) is 1. The molecule has 5 heteroatoms. The van der Waals surface area contributed by atoms with Gasteiger partial charge in [-0.25, -0.2) is 9.07 Å². The molecule has 0 bridgehead atoms. The van der Waals surface area contributed by atoms with E-state index in [0.29, 0.717) is 18.2 Å². The first-order valence-electron chi connectivity index (χ1n) is 5.27. The number of aromatic nitrogens is 2. The van der Waals surface area contributed by atoms with Gasteiger partial charge in [0.25, 0.3) is 0 Å². The Morgan fingerprint density at radius 1 is 1.47 bits per heavy atom. The minimum Gasteiger partial charge on any atom is -0.439 e. The molecule has 1 aromatic carbocycles. The first kappa shape index (κ1) is 11.6. The van der Waals surface area contributed by atoms with Crippen LogP contribution in [0.4, 0.5) is 4.39 Å². The van der Waals surface area contributed by atoms with Crippen molar-refractivity contribution in [3.8, 4) is 11.6 Å². The van der Waals surface area contributed by atoms with Crippen LogP contribution in [-0.2, 0) is 13.6 Å². The maximum atomic E-state index is 13.0. The molecule has 0 aliphatic heterocycles. The van der Waals surface area contributed by atoms with Gasteiger partial charge in [-0.2, -0.15) is 5.10 Å². The Balaban J connectivity index is 2.36. The van der Waals surface area contributed by atoms with E-state index in [1.54, 1.807) is 23.9 Å². The Kier molecular flexibility index (Phi) is 3.10. The van der Waals surface area contributed by atoms with Gasteiger partial charge in [0.05, 0.1) is 11.3 Å². The third-order valence-corrected chi connectivity index (χ3v) is 2.50. The number of aryl methyl sites for hydroxylation is 2. The Bertz CT molecular complexity index is 537. The maximum absolute atomic E-state index is 13.0. The highest BCUT2D eigenvalue weighted by molar-refractivity contribution is 5.35. The quantitative estimate of drug-likeness (QED) is 0.886. The first-order valence-corrected chi connectivity index (χ1v) is 5.27. The summed E-state index contributed by atoms with van der Waals surface area (Å²) in [5.74, 6) is 0.647. The summed E-state index contributed by atoms with van der Waals surface area (Å²) in [7, 11) is 1.76. The van der Waals surface area contributed by atoms with Gasteiger partial charge in [0, 0.05) is 19.7 Å². The van der Waals surface area contributed by atoms with E-state index in [2.05, 4.69) is 5.10 Å². The van der Waals surface area contributed by atoms with E-state index in [1.807, 2.05) is 6.92 Å². The van der Waals surface area contributed by atoms with Crippen molar-refractivity contribution in [3.63, 3.8) is 0 Å². The lowest BCUT2D eigenvalue weighted by Gasteiger charge is -2.07. The Hall–Kier alpha value is -1.88. The lowest BCUT2D eigenvalue weighted by molar-refractivity contribution is 0.423. The van der Waals surface area contributed by atoms with Crippen LogP contribution in [-0.4, -0.2) is 9.78 Å². The zero-order valence-corrected chi connectivity index (χ0v) is 9.77. The van der Waals surface area contributed by atoms with Gasteiger partial charge in [-0.1, -0.05) is 6.07 Å². The van der Waals surface area contributed by atoms with Crippen molar-refractivity contribution < 1.29 is 9.13 Å². The average molecular weight is 235 g/mol. The molecule has 0 amide bonds. The Labute approximate surface area is 98.8 Å². The molecule has 4 nitrogen and oxygen atoms in total. The molecule has 0 saturated heterocycles. The second-order valence-electron chi connectivity index (χ2n) is 3.76. The van der Waals surface area contributed by atoms with Gasteiger partial charge < -0.3 is 10.5 Å². The lowest BCUT2D eigenvalue weighted by Crippen LogP contribution is -2.01. The largest absolute Gasteiger partial charge is 0.439 e. The van der Waals surface area contributed by atoms with E-state index < -0.39 is 0 Å².